The molecule has 0 saturated carbocycles. The van der Waals surface area contributed by atoms with Crippen LogP contribution < -0.4 is 15.5 Å². The molecule has 170 valence electrons. The van der Waals surface area contributed by atoms with Gasteiger partial charge in [-0.15, -0.1) is 16.4 Å². The number of nitrogens with one attached hydrogen (secondary N) is 2. The Balaban J connectivity index is 1.43. The number of hydrogen-bond donors (Lipinski definition) is 2. The number of hydrogen-bond acceptors (Lipinski definition) is 7. The lowest BCUT2D eigenvalue weighted by Crippen LogP contribution is -2.42. The van der Waals surface area contributed by atoms with E-state index >= 15 is 0 Å². The monoisotopic (exact) mass is 464 g/mol. The zero-order valence-corrected chi connectivity index (χ0v) is 19.4. The van der Waals surface area contributed by atoms with E-state index in [0.29, 0.717) is 33.0 Å². The number of aryl methyl sites for hydroxylation is 1. The summed E-state index contributed by atoms with van der Waals surface area (Å²) in [5.74, 6) is -0.800. The standard InChI is InChI=1S/C24H25FN6OS/c1-3-26-15-7-10-31(11-8-15)20-5-4-18(22-17(20)6-9-27-30-22)24(32)29-16-12-19(25)23-21(13-16)33-14(2)28-23/h4-6,9,12-13,15,26H,3,7-8,10-11H2,1-2H3,(H,29,32). The molecule has 1 aliphatic heterocycles. The molecule has 0 bridgehead atoms. The Hall–Kier alpha value is -3.17. The zero-order valence-electron chi connectivity index (χ0n) is 18.6. The number of carbonyl (C=O) groups is 1. The predicted octanol–water partition coefficient (Wildman–Crippen LogP) is 4.52. The van der Waals surface area contributed by atoms with Crippen molar-refractivity contribution in [3.05, 3.63) is 52.9 Å². The molecule has 0 radical (unpaired) electrons. The van der Waals surface area contributed by atoms with Gasteiger partial charge in [-0.25, -0.2) is 9.37 Å². The molecule has 2 N–H and O–H groups in total. The van der Waals surface area contributed by atoms with Crippen LogP contribution in [0.15, 0.2) is 36.5 Å². The molecule has 1 saturated heterocycles. The summed E-state index contributed by atoms with van der Waals surface area (Å²) < 4.78 is 15.2. The van der Waals surface area contributed by atoms with Crippen molar-refractivity contribution >= 4 is 49.7 Å². The van der Waals surface area contributed by atoms with E-state index in [0.717, 1.165) is 48.6 Å². The van der Waals surface area contributed by atoms with Crippen LogP contribution in [0.2, 0.25) is 0 Å². The number of amides is 1. The molecule has 0 atom stereocenters. The largest absolute Gasteiger partial charge is 0.371 e. The van der Waals surface area contributed by atoms with Gasteiger partial charge in [0.1, 0.15) is 11.0 Å². The fourth-order valence-electron chi connectivity index (χ4n) is 4.51. The maximum Gasteiger partial charge on any atom is 0.257 e. The van der Waals surface area contributed by atoms with Crippen LogP contribution in [0.3, 0.4) is 0 Å². The van der Waals surface area contributed by atoms with Crippen molar-refractivity contribution in [2.75, 3.05) is 29.9 Å². The number of anilines is 2. The second-order valence-corrected chi connectivity index (χ2v) is 9.47. The highest BCUT2D eigenvalue weighted by Crippen LogP contribution is 2.31. The van der Waals surface area contributed by atoms with Gasteiger partial charge in [0.2, 0.25) is 0 Å². The van der Waals surface area contributed by atoms with Gasteiger partial charge < -0.3 is 15.5 Å². The van der Waals surface area contributed by atoms with E-state index < -0.39 is 5.82 Å². The van der Waals surface area contributed by atoms with Gasteiger partial charge >= 0.3 is 0 Å². The van der Waals surface area contributed by atoms with Crippen molar-refractivity contribution in [2.45, 2.75) is 32.7 Å². The Kier molecular flexibility index (Phi) is 5.90. The van der Waals surface area contributed by atoms with Crippen molar-refractivity contribution in [3.63, 3.8) is 0 Å². The third kappa shape index (κ3) is 4.26. The number of halogens is 1. The topological polar surface area (TPSA) is 83.0 Å². The molecule has 9 heteroatoms. The lowest BCUT2D eigenvalue weighted by atomic mass is 10.0. The van der Waals surface area contributed by atoms with Crippen LogP contribution in [0.1, 0.15) is 35.1 Å². The second kappa shape index (κ2) is 8.99. The molecule has 0 unspecified atom stereocenters. The first-order valence-corrected chi connectivity index (χ1v) is 12.0. The molecule has 2 aromatic carbocycles. The predicted molar refractivity (Wildman–Crippen MR) is 131 cm³/mol. The first-order valence-electron chi connectivity index (χ1n) is 11.1. The summed E-state index contributed by atoms with van der Waals surface area (Å²) >= 11 is 1.39. The maximum atomic E-state index is 14.5. The highest BCUT2D eigenvalue weighted by atomic mass is 32.1. The van der Waals surface area contributed by atoms with Gasteiger partial charge in [-0.1, -0.05) is 6.92 Å². The molecule has 5 rings (SSSR count). The molecule has 0 spiro atoms. The van der Waals surface area contributed by atoms with Gasteiger partial charge in [-0.2, -0.15) is 5.10 Å². The number of carbonyl (C=O) groups excluding carboxylic acids is 1. The fourth-order valence-corrected chi connectivity index (χ4v) is 5.39. The van der Waals surface area contributed by atoms with Crippen LogP contribution >= 0.6 is 11.3 Å². The number of piperidine rings is 1. The van der Waals surface area contributed by atoms with Gasteiger partial charge in [0.15, 0.2) is 5.82 Å². The highest BCUT2D eigenvalue weighted by Gasteiger charge is 2.22. The molecule has 1 amide bonds. The van der Waals surface area contributed by atoms with Crippen LogP contribution in [-0.4, -0.2) is 46.8 Å². The molecule has 1 aliphatic rings. The van der Waals surface area contributed by atoms with E-state index in [2.05, 4.69) is 37.6 Å². The Labute approximate surface area is 195 Å². The van der Waals surface area contributed by atoms with Gasteiger partial charge in [0.25, 0.3) is 5.91 Å². The SMILES string of the molecule is CCNC1CCN(c2ccc(C(=O)Nc3cc(F)c4nc(C)sc4c3)c3nnccc23)CC1. The molecular formula is C24H25FN6OS. The summed E-state index contributed by atoms with van der Waals surface area (Å²) in [6.45, 7) is 6.82. The smallest absolute Gasteiger partial charge is 0.257 e. The minimum atomic E-state index is -0.451. The molecule has 2 aromatic heterocycles. The van der Waals surface area contributed by atoms with E-state index in [4.69, 9.17) is 0 Å². The number of benzene rings is 2. The normalized spacial score (nSPS) is 14.8. The maximum absolute atomic E-state index is 14.5. The number of thiazole rings is 1. The molecule has 4 aromatic rings. The summed E-state index contributed by atoms with van der Waals surface area (Å²) in [7, 11) is 0. The average molecular weight is 465 g/mol. The summed E-state index contributed by atoms with van der Waals surface area (Å²) in [5.41, 5.74) is 2.72. The minimum absolute atomic E-state index is 0.328. The Morgan fingerprint density at radius 2 is 2.03 bits per heavy atom. The van der Waals surface area contributed by atoms with Crippen LogP contribution in [-0.2, 0) is 0 Å². The Morgan fingerprint density at radius 3 is 2.82 bits per heavy atom. The number of rotatable bonds is 5. The van der Waals surface area contributed by atoms with Crippen molar-refractivity contribution in [1.29, 1.82) is 0 Å². The Bertz CT molecular complexity index is 1330. The minimum Gasteiger partial charge on any atom is -0.371 e. The summed E-state index contributed by atoms with van der Waals surface area (Å²) in [4.78, 5) is 19.7. The zero-order chi connectivity index (χ0) is 22.9. The van der Waals surface area contributed by atoms with Crippen LogP contribution in [0, 0.1) is 12.7 Å². The molecule has 3 heterocycles. The van der Waals surface area contributed by atoms with Gasteiger partial charge in [0.05, 0.1) is 21.5 Å². The first kappa shape index (κ1) is 21.7. The van der Waals surface area contributed by atoms with Crippen molar-refractivity contribution in [1.82, 2.24) is 20.5 Å². The quantitative estimate of drug-likeness (QED) is 0.452. The second-order valence-electron chi connectivity index (χ2n) is 8.24. The van der Waals surface area contributed by atoms with Crippen molar-refractivity contribution in [3.8, 4) is 0 Å². The summed E-state index contributed by atoms with van der Waals surface area (Å²) in [6.07, 6.45) is 3.79. The molecule has 1 fully saturated rings. The third-order valence-corrected chi connectivity index (χ3v) is 6.96. The van der Waals surface area contributed by atoms with E-state index in [1.165, 1.54) is 17.4 Å². The van der Waals surface area contributed by atoms with Gasteiger partial charge in [-0.05, 0) is 56.6 Å². The molecule has 0 aliphatic carbocycles. The van der Waals surface area contributed by atoms with Crippen LogP contribution in [0.4, 0.5) is 15.8 Å². The van der Waals surface area contributed by atoms with Gasteiger partial charge in [-0.3, -0.25) is 4.79 Å². The lowest BCUT2D eigenvalue weighted by Gasteiger charge is -2.34. The van der Waals surface area contributed by atoms with Gasteiger partial charge in [0, 0.05) is 35.9 Å². The van der Waals surface area contributed by atoms with E-state index in [-0.39, 0.29) is 5.91 Å². The van der Waals surface area contributed by atoms with Crippen LogP contribution in [0.25, 0.3) is 21.1 Å². The number of fused-ring (bicyclic) bond motifs is 2. The summed E-state index contributed by atoms with van der Waals surface area (Å²) in [6, 6.07) is 9.25. The molecule has 7 nitrogen and oxygen atoms in total. The van der Waals surface area contributed by atoms with E-state index in [1.54, 1.807) is 18.3 Å². The number of nitrogens with zero attached hydrogens (tertiary/aromatic N) is 4. The first-order chi connectivity index (χ1) is 16.0. The highest BCUT2D eigenvalue weighted by molar-refractivity contribution is 7.18. The molecular weight excluding hydrogens is 439 g/mol. The number of aromatic nitrogens is 3. The average Bonchev–Trinajstić information content (AvgIpc) is 3.20. The van der Waals surface area contributed by atoms with Crippen molar-refractivity contribution < 1.29 is 9.18 Å². The van der Waals surface area contributed by atoms with E-state index in [9.17, 15) is 9.18 Å². The summed E-state index contributed by atoms with van der Waals surface area (Å²) in [5, 5.41) is 16.3. The van der Waals surface area contributed by atoms with E-state index in [1.807, 2.05) is 19.1 Å². The van der Waals surface area contributed by atoms with Crippen molar-refractivity contribution in [2.24, 2.45) is 0 Å². The Morgan fingerprint density at radius 1 is 1.21 bits per heavy atom. The molecule has 33 heavy (non-hydrogen) atoms. The lowest BCUT2D eigenvalue weighted by molar-refractivity contribution is 0.102. The third-order valence-electron chi connectivity index (χ3n) is 6.05. The van der Waals surface area contributed by atoms with Crippen LogP contribution in [0.5, 0.6) is 0 Å². The fraction of sp³-hybridized carbons (Fsp3) is 0.333.